The fraction of sp³-hybridized carbons (Fsp3) is 0.143. The molecule has 0 aliphatic heterocycles. The third-order valence-corrected chi connectivity index (χ3v) is 2.62. The lowest BCUT2D eigenvalue weighted by molar-refractivity contribution is -0.131. The number of aromatic nitrogens is 3. The van der Waals surface area contributed by atoms with Gasteiger partial charge in [0.25, 0.3) is 5.91 Å². The maximum absolute atomic E-state index is 11.8. The molecule has 0 aliphatic rings. The third-order valence-electron chi connectivity index (χ3n) is 2.62. The Labute approximate surface area is 120 Å². The molecule has 0 atom stereocenters. The Hall–Kier alpha value is -2.96. The number of pyridine rings is 1. The van der Waals surface area contributed by atoms with Crippen LogP contribution in [-0.4, -0.2) is 38.3 Å². The van der Waals surface area contributed by atoms with Gasteiger partial charge in [-0.3, -0.25) is 14.5 Å². The van der Waals surface area contributed by atoms with Crippen molar-refractivity contribution >= 4 is 18.0 Å². The number of carbonyl (C=O) groups excluding carboxylic acids is 1. The van der Waals surface area contributed by atoms with E-state index in [1.54, 1.807) is 23.0 Å². The largest absolute Gasteiger partial charge is 0.478 e. The smallest absolute Gasteiger partial charge is 0.328 e. The molecule has 7 heteroatoms. The van der Waals surface area contributed by atoms with Crippen molar-refractivity contribution in [2.75, 3.05) is 6.54 Å². The predicted molar refractivity (Wildman–Crippen MR) is 75.5 cm³/mol. The molecular weight excluding hydrogens is 272 g/mol. The minimum atomic E-state index is -1.03. The van der Waals surface area contributed by atoms with Gasteiger partial charge in [0.2, 0.25) is 0 Å². The first-order valence-electron chi connectivity index (χ1n) is 6.28. The van der Waals surface area contributed by atoms with Crippen LogP contribution in [0, 0.1) is 0 Å². The normalized spacial score (nSPS) is 10.7. The van der Waals surface area contributed by atoms with Crippen LogP contribution in [0.15, 0.2) is 42.9 Å². The van der Waals surface area contributed by atoms with E-state index in [9.17, 15) is 9.59 Å². The highest BCUT2D eigenvalue weighted by Gasteiger charge is 2.05. The van der Waals surface area contributed by atoms with Crippen molar-refractivity contribution in [3.05, 3.63) is 54.1 Å². The number of hydrogen-bond donors (Lipinski definition) is 2. The van der Waals surface area contributed by atoms with Crippen LogP contribution in [0.3, 0.4) is 0 Å². The van der Waals surface area contributed by atoms with E-state index in [0.717, 1.165) is 6.08 Å². The number of hydrogen-bond acceptors (Lipinski definition) is 4. The van der Waals surface area contributed by atoms with E-state index in [0.29, 0.717) is 18.7 Å². The number of rotatable bonds is 6. The zero-order chi connectivity index (χ0) is 15.1. The van der Waals surface area contributed by atoms with Crippen LogP contribution in [0.5, 0.6) is 0 Å². The van der Waals surface area contributed by atoms with E-state index in [1.165, 1.54) is 12.3 Å². The SMILES string of the molecule is O=C(O)C=Cc1ccc(C(=O)NCCn2cccn2)nc1. The molecule has 2 heterocycles. The standard InChI is InChI=1S/C14H14N4O3/c19-13(20)5-3-11-2-4-12(16-10-11)14(21)15-7-9-18-8-1-6-17-18/h1-6,8,10H,7,9H2,(H,15,21)(H,19,20). The highest BCUT2D eigenvalue weighted by atomic mass is 16.4. The fourth-order valence-corrected chi connectivity index (χ4v) is 1.61. The van der Waals surface area contributed by atoms with Crippen LogP contribution in [0.2, 0.25) is 0 Å². The van der Waals surface area contributed by atoms with Crippen molar-refractivity contribution in [2.24, 2.45) is 0 Å². The van der Waals surface area contributed by atoms with Crippen molar-refractivity contribution in [3.8, 4) is 0 Å². The number of nitrogens with zero attached hydrogens (tertiary/aromatic N) is 3. The molecule has 0 aromatic carbocycles. The molecule has 0 bridgehead atoms. The highest BCUT2D eigenvalue weighted by Crippen LogP contribution is 2.02. The van der Waals surface area contributed by atoms with Gasteiger partial charge in [0.15, 0.2) is 0 Å². The second-order valence-electron chi connectivity index (χ2n) is 4.17. The quantitative estimate of drug-likeness (QED) is 0.766. The molecule has 0 spiro atoms. The van der Waals surface area contributed by atoms with Gasteiger partial charge in [0.1, 0.15) is 5.69 Å². The van der Waals surface area contributed by atoms with Crippen LogP contribution in [0.4, 0.5) is 0 Å². The van der Waals surface area contributed by atoms with E-state index < -0.39 is 5.97 Å². The minimum absolute atomic E-state index is 0.281. The summed E-state index contributed by atoms with van der Waals surface area (Å²) >= 11 is 0. The van der Waals surface area contributed by atoms with Crippen LogP contribution in [0.25, 0.3) is 6.08 Å². The first-order chi connectivity index (χ1) is 10.1. The maximum Gasteiger partial charge on any atom is 0.328 e. The average molecular weight is 286 g/mol. The Morgan fingerprint density at radius 2 is 2.24 bits per heavy atom. The van der Waals surface area contributed by atoms with Crippen molar-refractivity contribution < 1.29 is 14.7 Å². The molecule has 0 fully saturated rings. The second kappa shape index (κ2) is 6.99. The van der Waals surface area contributed by atoms with E-state index in [-0.39, 0.29) is 11.6 Å². The Kier molecular flexibility index (Phi) is 4.81. The average Bonchev–Trinajstić information content (AvgIpc) is 2.99. The van der Waals surface area contributed by atoms with Gasteiger partial charge in [-0.25, -0.2) is 4.79 Å². The van der Waals surface area contributed by atoms with Crippen LogP contribution in [-0.2, 0) is 11.3 Å². The second-order valence-corrected chi connectivity index (χ2v) is 4.17. The van der Waals surface area contributed by atoms with Crippen molar-refractivity contribution in [2.45, 2.75) is 6.54 Å². The van der Waals surface area contributed by atoms with Crippen molar-refractivity contribution in [3.63, 3.8) is 0 Å². The maximum atomic E-state index is 11.8. The number of carboxylic acids is 1. The third kappa shape index (κ3) is 4.57. The summed E-state index contributed by atoms with van der Waals surface area (Å²) in [6, 6.07) is 4.99. The molecule has 0 radical (unpaired) electrons. The fourth-order valence-electron chi connectivity index (χ4n) is 1.61. The van der Waals surface area contributed by atoms with Crippen molar-refractivity contribution in [1.82, 2.24) is 20.1 Å². The summed E-state index contributed by atoms with van der Waals surface area (Å²) in [5.74, 6) is -1.31. The molecular formula is C14H14N4O3. The first-order valence-corrected chi connectivity index (χ1v) is 6.28. The van der Waals surface area contributed by atoms with Crippen LogP contribution in [0.1, 0.15) is 16.1 Å². The summed E-state index contributed by atoms with van der Waals surface area (Å²) in [5.41, 5.74) is 0.897. The summed E-state index contributed by atoms with van der Waals surface area (Å²) in [5, 5.41) is 15.3. The molecule has 0 saturated carbocycles. The molecule has 108 valence electrons. The van der Waals surface area contributed by atoms with Gasteiger partial charge in [-0.05, 0) is 23.8 Å². The number of nitrogens with one attached hydrogen (secondary N) is 1. The van der Waals surface area contributed by atoms with Gasteiger partial charge >= 0.3 is 5.97 Å². The number of aliphatic carboxylic acids is 1. The number of amides is 1. The number of carboxylic acid groups (broad SMARTS) is 1. The van der Waals surface area contributed by atoms with E-state index in [1.807, 2.05) is 12.3 Å². The Morgan fingerprint density at radius 1 is 1.38 bits per heavy atom. The zero-order valence-corrected chi connectivity index (χ0v) is 11.1. The Bertz CT molecular complexity index is 633. The van der Waals surface area contributed by atoms with E-state index in [2.05, 4.69) is 15.4 Å². The lowest BCUT2D eigenvalue weighted by atomic mass is 10.2. The summed E-state index contributed by atoms with van der Waals surface area (Å²) in [7, 11) is 0. The van der Waals surface area contributed by atoms with Crippen LogP contribution >= 0.6 is 0 Å². The van der Waals surface area contributed by atoms with Crippen LogP contribution < -0.4 is 5.32 Å². The van der Waals surface area contributed by atoms with Gasteiger partial charge in [-0.15, -0.1) is 0 Å². The topological polar surface area (TPSA) is 97.1 Å². The van der Waals surface area contributed by atoms with E-state index >= 15 is 0 Å². The molecule has 0 saturated heterocycles. The van der Waals surface area contributed by atoms with Gasteiger partial charge < -0.3 is 10.4 Å². The monoisotopic (exact) mass is 286 g/mol. The molecule has 2 N–H and O–H groups in total. The Morgan fingerprint density at radius 3 is 2.86 bits per heavy atom. The molecule has 21 heavy (non-hydrogen) atoms. The highest BCUT2D eigenvalue weighted by molar-refractivity contribution is 5.92. The molecule has 2 aromatic rings. The molecule has 7 nitrogen and oxygen atoms in total. The number of carbonyl (C=O) groups is 2. The molecule has 2 rings (SSSR count). The molecule has 0 aliphatic carbocycles. The summed E-state index contributed by atoms with van der Waals surface area (Å²) < 4.78 is 1.72. The molecule has 2 aromatic heterocycles. The zero-order valence-electron chi connectivity index (χ0n) is 11.1. The van der Waals surface area contributed by atoms with Crippen molar-refractivity contribution in [1.29, 1.82) is 0 Å². The lowest BCUT2D eigenvalue weighted by Gasteiger charge is -2.05. The molecule has 1 amide bonds. The lowest BCUT2D eigenvalue weighted by Crippen LogP contribution is -2.28. The van der Waals surface area contributed by atoms with E-state index in [4.69, 9.17) is 5.11 Å². The summed E-state index contributed by atoms with van der Waals surface area (Å²) in [6.45, 7) is 1.03. The minimum Gasteiger partial charge on any atom is -0.478 e. The summed E-state index contributed by atoms with van der Waals surface area (Å²) in [4.78, 5) is 26.2. The Balaban J connectivity index is 1.86. The van der Waals surface area contributed by atoms with Gasteiger partial charge in [-0.1, -0.05) is 6.07 Å². The van der Waals surface area contributed by atoms with Gasteiger partial charge in [0.05, 0.1) is 6.54 Å². The van der Waals surface area contributed by atoms with Gasteiger partial charge in [-0.2, -0.15) is 5.10 Å². The first kappa shape index (κ1) is 14.4. The summed E-state index contributed by atoms with van der Waals surface area (Å²) in [6.07, 6.45) is 7.36. The molecule has 0 unspecified atom stereocenters. The van der Waals surface area contributed by atoms with Gasteiger partial charge in [0, 0.05) is 31.2 Å². The predicted octanol–water partition coefficient (Wildman–Crippen LogP) is 0.806.